The maximum Gasteiger partial charge on any atom is 0.303 e. The van der Waals surface area contributed by atoms with Gasteiger partial charge in [0.2, 0.25) is 0 Å². The Morgan fingerprint density at radius 1 is 1.61 bits per heavy atom. The average molecular weight is 315 g/mol. The molecule has 0 bridgehead atoms. The maximum absolute atomic E-state index is 13.9. The van der Waals surface area contributed by atoms with Crippen LogP contribution in [0.4, 0.5) is 10.1 Å². The van der Waals surface area contributed by atoms with E-state index in [4.69, 9.17) is 10.4 Å². The summed E-state index contributed by atoms with van der Waals surface area (Å²) in [6, 6.07) is 4.91. The molecule has 0 radical (unpaired) electrons. The van der Waals surface area contributed by atoms with Crippen LogP contribution in [0.15, 0.2) is 16.6 Å². The number of anilines is 1. The lowest BCUT2D eigenvalue weighted by atomic mass is 10.2. The first-order chi connectivity index (χ1) is 8.47. The normalized spacial score (nSPS) is 9.89. The van der Waals surface area contributed by atoms with E-state index in [0.29, 0.717) is 18.7 Å². The van der Waals surface area contributed by atoms with Gasteiger partial charge in [0.05, 0.1) is 15.7 Å². The molecule has 0 atom stereocenters. The number of nitrogens with zero attached hydrogens (tertiary/aromatic N) is 2. The number of hydrogen-bond acceptors (Lipinski definition) is 3. The molecular weight excluding hydrogens is 303 g/mol. The van der Waals surface area contributed by atoms with Crippen molar-refractivity contribution in [3.63, 3.8) is 0 Å². The molecule has 0 unspecified atom stereocenters. The molecule has 0 saturated carbocycles. The fraction of sp³-hybridized carbons (Fsp3) is 0.333. The number of carbonyl (C=O) groups is 1. The van der Waals surface area contributed by atoms with Crippen LogP contribution in [0.25, 0.3) is 0 Å². The van der Waals surface area contributed by atoms with E-state index in [1.807, 2.05) is 6.07 Å². The third-order valence-electron chi connectivity index (χ3n) is 2.48. The second kappa shape index (κ2) is 6.36. The third-order valence-corrected chi connectivity index (χ3v) is 3.25. The van der Waals surface area contributed by atoms with E-state index in [1.165, 1.54) is 12.1 Å². The quantitative estimate of drug-likeness (QED) is 0.907. The number of aliphatic carboxylic acids is 1. The van der Waals surface area contributed by atoms with Gasteiger partial charge in [-0.3, -0.25) is 4.79 Å². The molecule has 96 valence electrons. The molecule has 0 aliphatic rings. The summed E-state index contributed by atoms with van der Waals surface area (Å²) < 4.78 is 14.1. The van der Waals surface area contributed by atoms with E-state index in [-0.39, 0.29) is 16.5 Å². The Morgan fingerprint density at radius 3 is 2.83 bits per heavy atom. The van der Waals surface area contributed by atoms with Crippen molar-refractivity contribution >= 4 is 27.6 Å². The SMILES string of the molecule is CN(CCCC(=O)O)c1ccc(C#N)c(Br)c1F. The molecule has 4 nitrogen and oxygen atoms in total. The Bertz CT molecular complexity index is 500. The molecule has 0 heterocycles. The van der Waals surface area contributed by atoms with Crippen molar-refractivity contribution < 1.29 is 14.3 Å². The van der Waals surface area contributed by atoms with Crippen molar-refractivity contribution in [2.75, 3.05) is 18.5 Å². The molecule has 1 aromatic rings. The van der Waals surface area contributed by atoms with E-state index >= 15 is 0 Å². The summed E-state index contributed by atoms with van der Waals surface area (Å²) in [5.41, 5.74) is 0.571. The minimum atomic E-state index is -0.870. The standard InChI is InChI=1S/C12H12BrFN2O2/c1-16(6-2-3-10(17)18)9-5-4-8(7-15)11(13)12(9)14/h4-5H,2-3,6H2,1H3,(H,17,18). The lowest BCUT2D eigenvalue weighted by molar-refractivity contribution is -0.137. The van der Waals surface area contributed by atoms with E-state index in [9.17, 15) is 9.18 Å². The lowest BCUT2D eigenvalue weighted by Gasteiger charge is -2.20. The highest BCUT2D eigenvalue weighted by molar-refractivity contribution is 9.10. The van der Waals surface area contributed by atoms with Crippen molar-refractivity contribution in [1.29, 1.82) is 5.26 Å². The largest absolute Gasteiger partial charge is 0.481 e. The number of rotatable bonds is 5. The Hall–Kier alpha value is -1.61. The first-order valence-corrected chi connectivity index (χ1v) is 6.07. The van der Waals surface area contributed by atoms with Crippen LogP contribution in [0, 0.1) is 17.1 Å². The fourth-order valence-corrected chi connectivity index (χ4v) is 1.93. The van der Waals surface area contributed by atoms with Gasteiger partial charge in [-0.15, -0.1) is 0 Å². The molecule has 0 fully saturated rings. The summed E-state index contributed by atoms with van der Waals surface area (Å²) >= 11 is 3.03. The van der Waals surface area contributed by atoms with Gasteiger partial charge in [0.1, 0.15) is 6.07 Å². The van der Waals surface area contributed by atoms with Crippen molar-refractivity contribution in [1.82, 2.24) is 0 Å². The predicted octanol–water partition coefficient (Wildman–Crippen LogP) is 2.76. The number of halogens is 2. The van der Waals surface area contributed by atoms with Gasteiger partial charge in [0, 0.05) is 20.0 Å². The zero-order valence-corrected chi connectivity index (χ0v) is 11.4. The van der Waals surface area contributed by atoms with Crippen LogP contribution in [0.5, 0.6) is 0 Å². The molecule has 0 amide bonds. The van der Waals surface area contributed by atoms with Crippen molar-refractivity contribution in [3.05, 3.63) is 28.0 Å². The maximum atomic E-state index is 13.9. The van der Waals surface area contributed by atoms with Gasteiger partial charge in [-0.25, -0.2) is 4.39 Å². The van der Waals surface area contributed by atoms with E-state index < -0.39 is 11.8 Å². The third kappa shape index (κ3) is 3.44. The topological polar surface area (TPSA) is 64.3 Å². The van der Waals surface area contributed by atoms with Gasteiger partial charge < -0.3 is 10.0 Å². The number of carboxylic acid groups (broad SMARTS) is 1. The second-order valence-corrected chi connectivity index (χ2v) is 4.58. The van der Waals surface area contributed by atoms with Crippen molar-refractivity contribution in [3.8, 4) is 6.07 Å². The molecular formula is C12H12BrFN2O2. The molecule has 0 spiro atoms. The number of hydrogen-bond donors (Lipinski definition) is 1. The molecule has 0 saturated heterocycles. The van der Waals surface area contributed by atoms with E-state index in [2.05, 4.69) is 15.9 Å². The summed E-state index contributed by atoms with van der Waals surface area (Å²) in [4.78, 5) is 12.0. The fourth-order valence-electron chi connectivity index (χ4n) is 1.51. The van der Waals surface area contributed by atoms with Gasteiger partial charge in [0.25, 0.3) is 0 Å². The molecule has 0 aromatic heterocycles. The van der Waals surface area contributed by atoms with Crippen molar-refractivity contribution in [2.45, 2.75) is 12.8 Å². The first-order valence-electron chi connectivity index (χ1n) is 5.28. The summed E-state index contributed by atoms with van der Waals surface area (Å²) in [5, 5.41) is 17.3. The Kier molecular flexibility index (Phi) is 5.10. The van der Waals surface area contributed by atoms with E-state index in [1.54, 1.807) is 11.9 Å². The molecule has 6 heteroatoms. The highest BCUT2D eigenvalue weighted by Crippen LogP contribution is 2.28. The molecule has 0 aliphatic heterocycles. The number of carboxylic acids is 1. The first kappa shape index (κ1) is 14.5. The minimum Gasteiger partial charge on any atom is -0.481 e. The Morgan fingerprint density at radius 2 is 2.28 bits per heavy atom. The molecule has 1 N–H and O–H groups in total. The van der Waals surface area contributed by atoms with Gasteiger partial charge in [-0.05, 0) is 34.5 Å². The summed E-state index contributed by atoms with van der Waals surface area (Å²) in [6.45, 7) is 0.432. The van der Waals surface area contributed by atoms with Gasteiger partial charge in [-0.2, -0.15) is 5.26 Å². The highest BCUT2D eigenvalue weighted by atomic mass is 79.9. The van der Waals surface area contributed by atoms with Crippen LogP contribution in [-0.2, 0) is 4.79 Å². The lowest BCUT2D eigenvalue weighted by Crippen LogP contribution is -2.20. The van der Waals surface area contributed by atoms with Gasteiger partial charge in [-0.1, -0.05) is 0 Å². The zero-order valence-electron chi connectivity index (χ0n) is 9.78. The number of nitriles is 1. The van der Waals surface area contributed by atoms with Crippen LogP contribution in [0.2, 0.25) is 0 Å². The minimum absolute atomic E-state index is 0.0450. The van der Waals surface area contributed by atoms with Crippen LogP contribution >= 0.6 is 15.9 Å². The smallest absolute Gasteiger partial charge is 0.303 e. The molecule has 1 rings (SSSR count). The molecule has 0 aliphatic carbocycles. The van der Waals surface area contributed by atoms with Gasteiger partial charge in [0.15, 0.2) is 5.82 Å². The summed E-state index contributed by atoms with van der Waals surface area (Å²) in [5.74, 6) is -1.38. The van der Waals surface area contributed by atoms with Gasteiger partial charge >= 0.3 is 5.97 Å². The average Bonchev–Trinajstić information content (AvgIpc) is 2.32. The Labute approximate surface area is 113 Å². The van der Waals surface area contributed by atoms with Crippen LogP contribution in [-0.4, -0.2) is 24.7 Å². The van der Waals surface area contributed by atoms with Crippen molar-refractivity contribution in [2.24, 2.45) is 0 Å². The summed E-state index contributed by atoms with van der Waals surface area (Å²) in [7, 11) is 1.68. The molecule has 1 aromatic carbocycles. The van der Waals surface area contributed by atoms with Crippen LogP contribution in [0.1, 0.15) is 18.4 Å². The summed E-state index contributed by atoms with van der Waals surface area (Å²) in [6.07, 6.45) is 0.478. The Balaban J connectivity index is 2.81. The van der Waals surface area contributed by atoms with E-state index in [0.717, 1.165) is 0 Å². The second-order valence-electron chi connectivity index (χ2n) is 3.79. The number of benzene rings is 1. The highest BCUT2D eigenvalue weighted by Gasteiger charge is 2.14. The molecule has 18 heavy (non-hydrogen) atoms. The van der Waals surface area contributed by atoms with Crippen LogP contribution in [0.3, 0.4) is 0 Å². The predicted molar refractivity (Wildman–Crippen MR) is 69.0 cm³/mol. The zero-order chi connectivity index (χ0) is 13.7. The monoisotopic (exact) mass is 314 g/mol. The van der Waals surface area contributed by atoms with Crippen LogP contribution < -0.4 is 4.90 Å².